The molecule has 0 radical (unpaired) electrons. The van der Waals surface area contributed by atoms with Gasteiger partial charge in [-0.05, 0) is 30.2 Å². The van der Waals surface area contributed by atoms with Crippen LogP contribution in [0.15, 0.2) is 18.2 Å². The fourth-order valence-corrected chi connectivity index (χ4v) is 2.73. The SMILES string of the molecule is CCCCCC(=O)c1ccc2c(c1)CNS(=O)N2. The van der Waals surface area contributed by atoms with Crippen LogP contribution in [0.5, 0.6) is 0 Å². The van der Waals surface area contributed by atoms with E-state index in [1.165, 1.54) is 0 Å². The molecule has 4 nitrogen and oxygen atoms in total. The molecule has 1 aromatic rings. The van der Waals surface area contributed by atoms with Crippen molar-refractivity contribution >= 4 is 22.6 Å². The molecule has 1 atom stereocenters. The van der Waals surface area contributed by atoms with E-state index in [2.05, 4.69) is 16.4 Å². The first-order valence-corrected chi connectivity index (χ1v) is 7.43. The average Bonchev–Trinajstić information content (AvgIpc) is 2.38. The summed E-state index contributed by atoms with van der Waals surface area (Å²) in [6, 6.07) is 5.53. The topological polar surface area (TPSA) is 58.2 Å². The molecule has 0 saturated carbocycles. The van der Waals surface area contributed by atoms with E-state index in [1.54, 1.807) is 0 Å². The number of unbranched alkanes of at least 4 members (excludes halogenated alkanes) is 2. The first-order chi connectivity index (χ1) is 8.70. The molecular weight excluding hydrogens is 248 g/mol. The molecule has 1 aliphatic rings. The van der Waals surface area contributed by atoms with Crippen LogP contribution in [0.4, 0.5) is 5.69 Å². The fourth-order valence-electron chi connectivity index (χ4n) is 1.97. The summed E-state index contributed by atoms with van der Waals surface area (Å²) in [7, 11) is 0. The van der Waals surface area contributed by atoms with E-state index in [0.29, 0.717) is 13.0 Å². The maximum atomic E-state index is 12.0. The van der Waals surface area contributed by atoms with Gasteiger partial charge in [-0.2, -0.15) is 0 Å². The highest BCUT2D eigenvalue weighted by Gasteiger charge is 2.15. The molecule has 1 unspecified atom stereocenters. The number of ketones is 1. The minimum atomic E-state index is -1.21. The molecule has 5 heteroatoms. The average molecular weight is 266 g/mol. The van der Waals surface area contributed by atoms with Crippen molar-refractivity contribution in [2.45, 2.75) is 39.2 Å². The fraction of sp³-hybridized carbons (Fsp3) is 0.462. The number of anilines is 1. The number of benzene rings is 1. The first-order valence-electron chi connectivity index (χ1n) is 6.28. The van der Waals surface area contributed by atoms with E-state index in [9.17, 15) is 9.00 Å². The standard InChI is InChI=1S/C13H18N2O2S/c1-2-3-4-5-13(16)10-6-7-12-11(8-10)9-14-18(17)15-12/h6-8,14-15H,2-5,9H2,1H3. The van der Waals surface area contributed by atoms with Crippen molar-refractivity contribution < 1.29 is 9.00 Å². The van der Waals surface area contributed by atoms with Crippen LogP contribution in [-0.4, -0.2) is 9.99 Å². The van der Waals surface area contributed by atoms with Crippen LogP contribution in [0.3, 0.4) is 0 Å². The molecule has 2 rings (SSSR count). The van der Waals surface area contributed by atoms with Gasteiger partial charge in [-0.15, -0.1) is 0 Å². The molecule has 1 aromatic carbocycles. The third-order valence-corrected chi connectivity index (χ3v) is 3.84. The van der Waals surface area contributed by atoms with Gasteiger partial charge in [0.05, 0.1) is 5.69 Å². The summed E-state index contributed by atoms with van der Waals surface area (Å²) in [4.78, 5) is 12.0. The Balaban J connectivity index is 2.06. The van der Waals surface area contributed by atoms with Crippen LogP contribution in [0.25, 0.3) is 0 Å². The zero-order chi connectivity index (χ0) is 13.0. The van der Waals surface area contributed by atoms with Crippen molar-refractivity contribution in [3.8, 4) is 0 Å². The second kappa shape index (κ2) is 6.11. The number of hydrogen-bond donors (Lipinski definition) is 2. The maximum absolute atomic E-state index is 12.0. The third kappa shape index (κ3) is 3.17. The molecule has 0 spiro atoms. The number of carbonyl (C=O) groups is 1. The van der Waals surface area contributed by atoms with E-state index in [-0.39, 0.29) is 5.78 Å². The number of hydrogen-bond acceptors (Lipinski definition) is 2. The van der Waals surface area contributed by atoms with Crippen molar-refractivity contribution in [3.05, 3.63) is 29.3 Å². The zero-order valence-corrected chi connectivity index (χ0v) is 11.3. The summed E-state index contributed by atoms with van der Waals surface area (Å²) in [6.45, 7) is 2.66. The van der Waals surface area contributed by atoms with Crippen molar-refractivity contribution in [3.63, 3.8) is 0 Å². The van der Waals surface area contributed by atoms with E-state index in [0.717, 1.165) is 36.1 Å². The van der Waals surface area contributed by atoms with Crippen molar-refractivity contribution in [1.29, 1.82) is 0 Å². The third-order valence-electron chi connectivity index (χ3n) is 3.03. The van der Waals surface area contributed by atoms with Crippen molar-refractivity contribution in [2.24, 2.45) is 0 Å². The molecule has 0 bridgehead atoms. The Hall–Kier alpha value is -1.20. The smallest absolute Gasteiger partial charge is 0.193 e. The van der Waals surface area contributed by atoms with Crippen LogP contribution in [-0.2, 0) is 17.7 Å². The van der Waals surface area contributed by atoms with Gasteiger partial charge in [-0.1, -0.05) is 19.8 Å². The molecule has 98 valence electrons. The summed E-state index contributed by atoms with van der Waals surface area (Å²) in [6.07, 6.45) is 3.78. The molecule has 18 heavy (non-hydrogen) atoms. The largest absolute Gasteiger partial charge is 0.294 e. The van der Waals surface area contributed by atoms with E-state index < -0.39 is 11.2 Å². The Morgan fingerprint density at radius 3 is 3.00 bits per heavy atom. The summed E-state index contributed by atoms with van der Waals surface area (Å²) in [5.41, 5.74) is 2.59. The second-order valence-corrected chi connectivity index (χ2v) is 5.47. The van der Waals surface area contributed by atoms with Gasteiger partial charge >= 0.3 is 0 Å². The van der Waals surface area contributed by atoms with Crippen LogP contribution in [0, 0.1) is 0 Å². The van der Waals surface area contributed by atoms with Crippen molar-refractivity contribution in [2.75, 3.05) is 4.72 Å². The number of Topliss-reactive ketones (excluding diaryl/α,β-unsaturated/α-hetero) is 1. The first kappa shape index (κ1) is 13.2. The van der Waals surface area contributed by atoms with Crippen LogP contribution in [0.2, 0.25) is 0 Å². The van der Waals surface area contributed by atoms with Gasteiger partial charge in [0, 0.05) is 18.5 Å². The lowest BCUT2D eigenvalue weighted by molar-refractivity contribution is 0.0979. The van der Waals surface area contributed by atoms with Gasteiger partial charge in [0.15, 0.2) is 17.0 Å². The van der Waals surface area contributed by atoms with E-state index in [1.807, 2.05) is 18.2 Å². The number of nitrogens with one attached hydrogen (secondary N) is 2. The van der Waals surface area contributed by atoms with Gasteiger partial charge in [0.25, 0.3) is 0 Å². The summed E-state index contributed by atoms with van der Waals surface area (Å²) < 4.78 is 16.9. The monoisotopic (exact) mass is 266 g/mol. The minimum absolute atomic E-state index is 0.193. The molecule has 0 aromatic heterocycles. The summed E-state index contributed by atoms with van der Waals surface area (Å²) in [5, 5.41) is 0. The number of carbonyl (C=O) groups excluding carboxylic acids is 1. The van der Waals surface area contributed by atoms with E-state index in [4.69, 9.17) is 0 Å². The highest BCUT2D eigenvalue weighted by atomic mass is 32.2. The summed E-state index contributed by atoms with van der Waals surface area (Å²) >= 11 is -1.21. The van der Waals surface area contributed by atoms with Gasteiger partial charge in [-0.25, -0.2) is 8.93 Å². The Morgan fingerprint density at radius 2 is 2.22 bits per heavy atom. The lowest BCUT2D eigenvalue weighted by Crippen LogP contribution is -2.28. The maximum Gasteiger partial charge on any atom is 0.193 e. The summed E-state index contributed by atoms with van der Waals surface area (Å²) in [5.74, 6) is 0.193. The van der Waals surface area contributed by atoms with Gasteiger partial charge < -0.3 is 0 Å². The predicted octanol–water partition coefficient (Wildman–Crippen LogP) is 2.54. The van der Waals surface area contributed by atoms with Crippen LogP contribution >= 0.6 is 0 Å². The molecule has 1 heterocycles. The molecule has 1 aliphatic heterocycles. The Morgan fingerprint density at radius 1 is 1.39 bits per heavy atom. The van der Waals surface area contributed by atoms with Crippen molar-refractivity contribution in [1.82, 2.24) is 4.72 Å². The number of rotatable bonds is 5. The lowest BCUT2D eigenvalue weighted by atomic mass is 10.0. The second-order valence-electron chi connectivity index (χ2n) is 4.44. The zero-order valence-electron chi connectivity index (χ0n) is 10.5. The molecule has 0 aliphatic carbocycles. The highest BCUT2D eigenvalue weighted by molar-refractivity contribution is 7.84. The van der Waals surface area contributed by atoms with Crippen LogP contribution in [0.1, 0.15) is 48.5 Å². The normalized spacial score (nSPS) is 17.9. The molecule has 0 fully saturated rings. The van der Waals surface area contributed by atoms with Gasteiger partial charge in [0.2, 0.25) is 0 Å². The molecule has 0 saturated heterocycles. The molecular formula is C13H18N2O2S. The number of fused-ring (bicyclic) bond motifs is 1. The van der Waals surface area contributed by atoms with E-state index >= 15 is 0 Å². The highest BCUT2D eigenvalue weighted by Crippen LogP contribution is 2.22. The quantitative estimate of drug-likeness (QED) is 0.635. The van der Waals surface area contributed by atoms with Crippen LogP contribution < -0.4 is 9.44 Å². The Labute approximate surface area is 110 Å². The molecule has 0 amide bonds. The molecule has 2 N–H and O–H groups in total. The van der Waals surface area contributed by atoms with Gasteiger partial charge in [0.1, 0.15) is 0 Å². The lowest BCUT2D eigenvalue weighted by Gasteiger charge is -2.18. The minimum Gasteiger partial charge on any atom is -0.294 e. The Bertz CT molecular complexity index is 474. The predicted molar refractivity (Wildman–Crippen MR) is 73.5 cm³/mol. The van der Waals surface area contributed by atoms with Gasteiger partial charge in [-0.3, -0.25) is 9.52 Å². The Kier molecular flexibility index (Phi) is 4.49.